The van der Waals surface area contributed by atoms with Crippen molar-refractivity contribution in [1.29, 1.82) is 0 Å². The van der Waals surface area contributed by atoms with Crippen LogP contribution >= 0.6 is 23.4 Å². The van der Waals surface area contributed by atoms with Crippen molar-refractivity contribution in [3.8, 4) is 11.5 Å². The fourth-order valence-corrected chi connectivity index (χ4v) is 2.82. The Labute approximate surface area is 138 Å². The van der Waals surface area contributed by atoms with E-state index in [0.29, 0.717) is 22.2 Å². The van der Waals surface area contributed by atoms with E-state index in [1.165, 1.54) is 11.8 Å². The number of rotatable bonds is 6. The summed E-state index contributed by atoms with van der Waals surface area (Å²) in [4.78, 5) is 12.9. The van der Waals surface area contributed by atoms with Crippen LogP contribution in [0.25, 0.3) is 0 Å². The van der Waals surface area contributed by atoms with Gasteiger partial charge in [-0.15, -0.1) is 11.8 Å². The van der Waals surface area contributed by atoms with Crippen LogP contribution in [0.3, 0.4) is 0 Å². The first kappa shape index (κ1) is 16.5. The maximum Gasteiger partial charge on any atom is 0.234 e. The van der Waals surface area contributed by atoms with Gasteiger partial charge in [-0.1, -0.05) is 23.7 Å². The standard InChI is InChI=1S/C16H16ClNO3S/c1-20-12-7-11(8-13(9-12)21-2)18-16(19)10-22-15-6-4-3-5-14(15)17/h3-9H,10H2,1-2H3,(H,18,19). The van der Waals surface area contributed by atoms with Crippen LogP contribution in [0.2, 0.25) is 5.02 Å². The van der Waals surface area contributed by atoms with Crippen molar-refractivity contribution in [2.45, 2.75) is 4.90 Å². The molecule has 4 nitrogen and oxygen atoms in total. The van der Waals surface area contributed by atoms with Crippen LogP contribution in [0.1, 0.15) is 0 Å². The Balaban J connectivity index is 1.98. The van der Waals surface area contributed by atoms with Crippen LogP contribution in [0, 0.1) is 0 Å². The minimum absolute atomic E-state index is 0.125. The first-order chi connectivity index (χ1) is 10.6. The molecule has 0 aliphatic heterocycles. The lowest BCUT2D eigenvalue weighted by Crippen LogP contribution is -2.14. The molecule has 2 aromatic carbocycles. The van der Waals surface area contributed by atoms with Gasteiger partial charge in [-0.05, 0) is 12.1 Å². The van der Waals surface area contributed by atoms with Gasteiger partial charge in [0, 0.05) is 28.8 Å². The molecule has 1 amide bonds. The monoisotopic (exact) mass is 337 g/mol. The normalized spacial score (nSPS) is 10.1. The van der Waals surface area contributed by atoms with Crippen LogP contribution < -0.4 is 14.8 Å². The molecule has 0 atom stereocenters. The number of carbonyl (C=O) groups is 1. The van der Waals surface area contributed by atoms with Crippen LogP contribution in [0.15, 0.2) is 47.4 Å². The van der Waals surface area contributed by atoms with Crippen molar-refractivity contribution < 1.29 is 14.3 Å². The van der Waals surface area contributed by atoms with E-state index < -0.39 is 0 Å². The van der Waals surface area contributed by atoms with Crippen LogP contribution in [-0.2, 0) is 4.79 Å². The Kier molecular flexibility index (Phi) is 5.98. The summed E-state index contributed by atoms with van der Waals surface area (Å²) in [7, 11) is 3.13. The average molecular weight is 338 g/mol. The average Bonchev–Trinajstić information content (AvgIpc) is 2.53. The molecule has 0 spiro atoms. The minimum Gasteiger partial charge on any atom is -0.497 e. The highest BCUT2D eigenvalue weighted by molar-refractivity contribution is 8.00. The lowest BCUT2D eigenvalue weighted by Gasteiger charge is -2.10. The zero-order valence-electron chi connectivity index (χ0n) is 12.3. The number of anilines is 1. The minimum atomic E-state index is -0.125. The summed E-state index contributed by atoms with van der Waals surface area (Å²) in [6.45, 7) is 0. The topological polar surface area (TPSA) is 47.6 Å². The van der Waals surface area contributed by atoms with E-state index in [0.717, 1.165) is 4.90 Å². The number of carbonyl (C=O) groups excluding carboxylic acids is 1. The summed E-state index contributed by atoms with van der Waals surface area (Å²) in [6, 6.07) is 12.6. The molecule has 0 heterocycles. The van der Waals surface area contributed by atoms with Gasteiger partial charge < -0.3 is 14.8 Å². The fourth-order valence-electron chi connectivity index (χ4n) is 1.78. The van der Waals surface area contributed by atoms with Gasteiger partial charge in [0.1, 0.15) is 11.5 Å². The lowest BCUT2D eigenvalue weighted by molar-refractivity contribution is -0.113. The summed E-state index contributed by atoms with van der Waals surface area (Å²) in [6.07, 6.45) is 0. The summed E-state index contributed by atoms with van der Waals surface area (Å²) in [5, 5.41) is 3.46. The number of thioether (sulfide) groups is 1. The Morgan fingerprint density at radius 1 is 1.14 bits per heavy atom. The molecular weight excluding hydrogens is 322 g/mol. The second-order valence-corrected chi connectivity index (χ2v) is 5.79. The molecule has 0 saturated heterocycles. The zero-order chi connectivity index (χ0) is 15.9. The molecule has 0 fully saturated rings. The molecule has 22 heavy (non-hydrogen) atoms. The van der Waals surface area contributed by atoms with Gasteiger partial charge in [0.2, 0.25) is 5.91 Å². The molecular formula is C16H16ClNO3S. The van der Waals surface area contributed by atoms with Crippen molar-refractivity contribution >= 4 is 35.0 Å². The van der Waals surface area contributed by atoms with Crippen molar-refractivity contribution in [3.63, 3.8) is 0 Å². The fraction of sp³-hybridized carbons (Fsp3) is 0.188. The van der Waals surface area contributed by atoms with Gasteiger partial charge in [0.25, 0.3) is 0 Å². The maximum absolute atomic E-state index is 12.0. The van der Waals surface area contributed by atoms with E-state index in [-0.39, 0.29) is 11.7 Å². The molecule has 0 saturated carbocycles. The maximum atomic E-state index is 12.0. The molecule has 0 radical (unpaired) electrons. The molecule has 2 rings (SSSR count). The Hall–Kier alpha value is -1.85. The van der Waals surface area contributed by atoms with E-state index in [9.17, 15) is 4.79 Å². The van der Waals surface area contributed by atoms with E-state index in [4.69, 9.17) is 21.1 Å². The Morgan fingerprint density at radius 2 is 1.77 bits per heavy atom. The highest BCUT2D eigenvalue weighted by atomic mass is 35.5. The molecule has 6 heteroatoms. The molecule has 0 aliphatic rings. The second kappa shape index (κ2) is 7.96. The largest absolute Gasteiger partial charge is 0.497 e. The van der Waals surface area contributed by atoms with E-state index >= 15 is 0 Å². The van der Waals surface area contributed by atoms with Gasteiger partial charge in [-0.2, -0.15) is 0 Å². The molecule has 2 aromatic rings. The van der Waals surface area contributed by atoms with Crippen LogP contribution in [0.4, 0.5) is 5.69 Å². The third-order valence-corrected chi connectivity index (χ3v) is 4.35. The van der Waals surface area contributed by atoms with Crippen molar-refractivity contribution in [2.75, 3.05) is 25.3 Å². The second-order valence-electron chi connectivity index (χ2n) is 4.37. The van der Waals surface area contributed by atoms with Crippen molar-refractivity contribution in [2.24, 2.45) is 0 Å². The van der Waals surface area contributed by atoms with Gasteiger partial charge in [0.15, 0.2) is 0 Å². The zero-order valence-corrected chi connectivity index (χ0v) is 13.8. The molecule has 0 unspecified atom stereocenters. The summed E-state index contributed by atoms with van der Waals surface area (Å²) < 4.78 is 10.3. The predicted octanol–water partition coefficient (Wildman–Crippen LogP) is 4.09. The molecule has 0 aliphatic carbocycles. The third-order valence-electron chi connectivity index (χ3n) is 2.83. The number of methoxy groups -OCH3 is 2. The summed E-state index contributed by atoms with van der Waals surface area (Å²) >= 11 is 7.45. The van der Waals surface area contributed by atoms with Gasteiger partial charge >= 0.3 is 0 Å². The number of ether oxygens (including phenoxy) is 2. The lowest BCUT2D eigenvalue weighted by atomic mass is 10.2. The van der Waals surface area contributed by atoms with Crippen LogP contribution in [-0.4, -0.2) is 25.9 Å². The smallest absolute Gasteiger partial charge is 0.234 e. The number of hydrogen-bond donors (Lipinski definition) is 1. The molecule has 0 aromatic heterocycles. The number of halogens is 1. The quantitative estimate of drug-likeness (QED) is 0.806. The summed E-state index contributed by atoms with van der Waals surface area (Å²) in [5.74, 6) is 1.38. The van der Waals surface area contributed by atoms with E-state index in [1.54, 1.807) is 38.5 Å². The first-order valence-electron chi connectivity index (χ1n) is 6.52. The SMILES string of the molecule is COc1cc(NC(=O)CSc2ccccc2Cl)cc(OC)c1. The molecule has 0 bridgehead atoms. The number of amides is 1. The van der Waals surface area contributed by atoms with E-state index in [1.807, 2.05) is 18.2 Å². The number of hydrogen-bond acceptors (Lipinski definition) is 4. The highest BCUT2D eigenvalue weighted by Crippen LogP contribution is 2.28. The summed E-state index contributed by atoms with van der Waals surface area (Å²) in [5.41, 5.74) is 0.626. The van der Waals surface area contributed by atoms with Crippen molar-refractivity contribution in [1.82, 2.24) is 0 Å². The predicted molar refractivity (Wildman–Crippen MR) is 90.4 cm³/mol. The van der Waals surface area contributed by atoms with Crippen molar-refractivity contribution in [3.05, 3.63) is 47.5 Å². The highest BCUT2D eigenvalue weighted by Gasteiger charge is 2.08. The van der Waals surface area contributed by atoms with Gasteiger partial charge in [-0.3, -0.25) is 4.79 Å². The number of benzene rings is 2. The molecule has 116 valence electrons. The number of nitrogens with one attached hydrogen (secondary N) is 1. The first-order valence-corrected chi connectivity index (χ1v) is 7.89. The van der Waals surface area contributed by atoms with Gasteiger partial charge in [0.05, 0.1) is 25.0 Å². The van der Waals surface area contributed by atoms with E-state index in [2.05, 4.69) is 5.32 Å². The van der Waals surface area contributed by atoms with Gasteiger partial charge in [-0.25, -0.2) is 0 Å². The molecule has 1 N–H and O–H groups in total. The Morgan fingerprint density at radius 3 is 2.36 bits per heavy atom. The Bertz CT molecular complexity index is 641. The third kappa shape index (κ3) is 4.58. The van der Waals surface area contributed by atoms with Crippen LogP contribution in [0.5, 0.6) is 11.5 Å².